The molecule has 2 aromatic rings. The topological polar surface area (TPSA) is 68.0 Å². The van der Waals surface area contributed by atoms with E-state index in [1.54, 1.807) is 25.1 Å². The van der Waals surface area contributed by atoms with E-state index in [4.69, 9.17) is 17.3 Å². The third-order valence-electron chi connectivity index (χ3n) is 2.36. The van der Waals surface area contributed by atoms with Crippen LogP contribution in [0.25, 0.3) is 6.08 Å². The van der Waals surface area contributed by atoms with Crippen molar-refractivity contribution in [3.8, 4) is 0 Å². The Hall–Kier alpha value is -1.85. The fourth-order valence-corrected chi connectivity index (χ4v) is 2.22. The summed E-state index contributed by atoms with van der Waals surface area (Å²) in [7, 11) is 0. The number of aryl methyl sites for hydroxylation is 1. The van der Waals surface area contributed by atoms with E-state index < -0.39 is 0 Å². The SMILES string of the molecule is Cc1nc(NC(=O)/C=C/c2ccc(Cl)cc2)sc1N. The Balaban J connectivity index is 1.99. The standard InChI is InChI=1S/C13H12ClN3OS/c1-8-12(15)19-13(16-8)17-11(18)7-4-9-2-5-10(14)6-3-9/h2-7H,15H2,1H3,(H,16,17,18)/b7-4+. The number of rotatable bonds is 3. The molecule has 0 unspecified atom stereocenters. The van der Waals surface area contributed by atoms with Gasteiger partial charge in [0.2, 0.25) is 5.91 Å². The van der Waals surface area contributed by atoms with Gasteiger partial charge >= 0.3 is 0 Å². The van der Waals surface area contributed by atoms with Gasteiger partial charge in [0, 0.05) is 11.1 Å². The number of hydrogen-bond donors (Lipinski definition) is 2. The molecular formula is C13H12ClN3OS. The lowest BCUT2D eigenvalue weighted by atomic mass is 10.2. The maximum Gasteiger partial charge on any atom is 0.250 e. The maximum atomic E-state index is 11.7. The molecule has 98 valence electrons. The minimum absolute atomic E-state index is 0.247. The molecule has 1 heterocycles. The molecule has 1 aromatic carbocycles. The predicted molar refractivity (Wildman–Crippen MR) is 80.4 cm³/mol. The van der Waals surface area contributed by atoms with E-state index in [1.165, 1.54) is 17.4 Å². The maximum absolute atomic E-state index is 11.7. The molecular weight excluding hydrogens is 282 g/mol. The number of nitrogens with two attached hydrogens (primary N) is 1. The number of nitrogens with zero attached hydrogens (tertiary/aromatic N) is 1. The molecule has 6 heteroatoms. The number of hydrogen-bond acceptors (Lipinski definition) is 4. The molecule has 0 spiro atoms. The first-order valence-corrected chi connectivity index (χ1v) is 6.71. The van der Waals surface area contributed by atoms with Gasteiger partial charge in [0.05, 0.1) is 5.69 Å². The zero-order valence-corrected chi connectivity index (χ0v) is 11.8. The Kier molecular flexibility index (Phi) is 4.19. The van der Waals surface area contributed by atoms with Gasteiger partial charge in [-0.15, -0.1) is 0 Å². The summed E-state index contributed by atoms with van der Waals surface area (Å²) < 4.78 is 0. The van der Waals surface area contributed by atoms with Crippen molar-refractivity contribution in [2.75, 3.05) is 11.1 Å². The molecule has 19 heavy (non-hydrogen) atoms. The van der Waals surface area contributed by atoms with Crippen LogP contribution in [0.15, 0.2) is 30.3 Å². The highest BCUT2D eigenvalue weighted by atomic mass is 35.5. The molecule has 0 saturated carbocycles. The third kappa shape index (κ3) is 3.81. The van der Waals surface area contributed by atoms with Gasteiger partial charge in [-0.1, -0.05) is 35.1 Å². The lowest BCUT2D eigenvalue weighted by Crippen LogP contribution is -2.07. The van der Waals surface area contributed by atoms with E-state index in [0.29, 0.717) is 15.2 Å². The van der Waals surface area contributed by atoms with Gasteiger partial charge in [0.15, 0.2) is 5.13 Å². The van der Waals surface area contributed by atoms with Crippen molar-refractivity contribution in [2.45, 2.75) is 6.92 Å². The molecule has 0 aliphatic rings. The minimum Gasteiger partial charge on any atom is -0.389 e. The monoisotopic (exact) mass is 293 g/mol. The number of carbonyl (C=O) groups is 1. The Labute approximate surface area is 119 Å². The van der Waals surface area contributed by atoms with Crippen LogP contribution in [0.2, 0.25) is 5.02 Å². The summed E-state index contributed by atoms with van der Waals surface area (Å²) in [6, 6.07) is 7.20. The molecule has 0 aliphatic carbocycles. The van der Waals surface area contributed by atoms with Crippen molar-refractivity contribution >= 4 is 45.1 Å². The minimum atomic E-state index is -0.247. The lowest BCUT2D eigenvalue weighted by molar-refractivity contribution is -0.111. The van der Waals surface area contributed by atoms with Gasteiger partial charge < -0.3 is 5.73 Å². The van der Waals surface area contributed by atoms with Crippen LogP contribution in [-0.4, -0.2) is 10.9 Å². The number of anilines is 2. The Morgan fingerprint density at radius 2 is 2.11 bits per heavy atom. The van der Waals surface area contributed by atoms with Crippen LogP contribution in [0.5, 0.6) is 0 Å². The van der Waals surface area contributed by atoms with Crippen LogP contribution < -0.4 is 11.1 Å². The summed E-state index contributed by atoms with van der Waals surface area (Å²) in [5.74, 6) is -0.247. The lowest BCUT2D eigenvalue weighted by Gasteiger charge is -1.96. The molecule has 0 fully saturated rings. The predicted octanol–water partition coefficient (Wildman–Crippen LogP) is 3.34. The van der Waals surface area contributed by atoms with E-state index in [0.717, 1.165) is 11.3 Å². The number of amides is 1. The largest absolute Gasteiger partial charge is 0.389 e. The summed E-state index contributed by atoms with van der Waals surface area (Å²) in [6.45, 7) is 1.80. The molecule has 2 rings (SSSR count). The smallest absolute Gasteiger partial charge is 0.250 e. The van der Waals surface area contributed by atoms with Crippen molar-refractivity contribution < 1.29 is 4.79 Å². The van der Waals surface area contributed by atoms with Crippen molar-refractivity contribution in [1.82, 2.24) is 4.98 Å². The zero-order valence-electron chi connectivity index (χ0n) is 10.2. The van der Waals surface area contributed by atoms with Crippen LogP contribution in [-0.2, 0) is 4.79 Å². The molecule has 0 saturated heterocycles. The first-order chi connectivity index (χ1) is 9.04. The highest BCUT2D eigenvalue weighted by molar-refractivity contribution is 7.19. The number of aromatic nitrogens is 1. The van der Waals surface area contributed by atoms with Crippen molar-refractivity contribution in [1.29, 1.82) is 0 Å². The molecule has 0 atom stereocenters. The van der Waals surface area contributed by atoms with Crippen LogP contribution in [0, 0.1) is 6.92 Å². The third-order valence-corrected chi connectivity index (χ3v) is 3.51. The summed E-state index contributed by atoms with van der Waals surface area (Å²) in [5.41, 5.74) is 7.29. The Morgan fingerprint density at radius 1 is 1.42 bits per heavy atom. The number of nitrogen functional groups attached to an aromatic ring is 1. The van der Waals surface area contributed by atoms with Gasteiger partial charge in [-0.05, 0) is 30.7 Å². The van der Waals surface area contributed by atoms with Gasteiger partial charge in [-0.3, -0.25) is 10.1 Å². The van der Waals surface area contributed by atoms with Gasteiger partial charge in [-0.25, -0.2) is 4.98 Å². The van der Waals surface area contributed by atoms with E-state index in [1.807, 2.05) is 12.1 Å². The molecule has 0 bridgehead atoms. The van der Waals surface area contributed by atoms with Crippen LogP contribution in [0.1, 0.15) is 11.3 Å². The average Bonchev–Trinajstić information content (AvgIpc) is 2.67. The Morgan fingerprint density at radius 3 is 2.68 bits per heavy atom. The highest BCUT2D eigenvalue weighted by Gasteiger charge is 2.05. The van der Waals surface area contributed by atoms with Crippen LogP contribution >= 0.6 is 22.9 Å². The van der Waals surface area contributed by atoms with Crippen LogP contribution in [0.4, 0.5) is 10.1 Å². The zero-order chi connectivity index (χ0) is 13.8. The molecule has 1 aromatic heterocycles. The Bertz CT molecular complexity index is 600. The fraction of sp³-hybridized carbons (Fsp3) is 0.0769. The van der Waals surface area contributed by atoms with Crippen LogP contribution in [0.3, 0.4) is 0 Å². The molecule has 3 N–H and O–H groups in total. The van der Waals surface area contributed by atoms with E-state index in [-0.39, 0.29) is 5.91 Å². The van der Waals surface area contributed by atoms with E-state index in [2.05, 4.69) is 10.3 Å². The van der Waals surface area contributed by atoms with Crippen molar-refractivity contribution in [3.63, 3.8) is 0 Å². The quantitative estimate of drug-likeness (QED) is 0.853. The first-order valence-electron chi connectivity index (χ1n) is 5.52. The average molecular weight is 294 g/mol. The summed E-state index contributed by atoms with van der Waals surface area (Å²) in [5, 5.41) is 4.43. The second-order valence-electron chi connectivity index (χ2n) is 3.84. The summed E-state index contributed by atoms with van der Waals surface area (Å²) in [4.78, 5) is 15.8. The molecule has 0 radical (unpaired) electrons. The highest BCUT2D eigenvalue weighted by Crippen LogP contribution is 2.24. The van der Waals surface area contributed by atoms with Crippen molar-refractivity contribution in [3.05, 3.63) is 46.6 Å². The van der Waals surface area contributed by atoms with E-state index in [9.17, 15) is 4.79 Å². The second kappa shape index (κ2) is 5.86. The molecule has 0 aliphatic heterocycles. The van der Waals surface area contributed by atoms with Crippen molar-refractivity contribution in [2.24, 2.45) is 0 Å². The number of nitrogens with one attached hydrogen (secondary N) is 1. The van der Waals surface area contributed by atoms with E-state index >= 15 is 0 Å². The van der Waals surface area contributed by atoms with Gasteiger partial charge in [0.1, 0.15) is 5.00 Å². The number of carbonyl (C=O) groups excluding carboxylic acids is 1. The molecule has 1 amide bonds. The summed E-state index contributed by atoms with van der Waals surface area (Å²) in [6.07, 6.45) is 3.14. The fourth-order valence-electron chi connectivity index (χ4n) is 1.35. The second-order valence-corrected chi connectivity index (χ2v) is 5.31. The normalized spacial score (nSPS) is 10.8. The number of halogens is 1. The van der Waals surface area contributed by atoms with Gasteiger partial charge in [-0.2, -0.15) is 0 Å². The van der Waals surface area contributed by atoms with Gasteiger partial charge in [0.25, 0.3) is 0 Å². The molecule has 4 nitrogen and oxygen atoms in total. The first kappa shape index (κ1) is 13.6. The number of benzene rings is 1. The number of thiazole rings is 1. The summed E-state index contributed by atoms with van der Waals surface area (Å²) >= 11 is 7.03.